The number of aromatic nitrogens is 4. The number of imidazole rings is 1. The maximum Gasteiger partial charge on any atom is 0.177 e. The highest BCUT2D eigenvalue weighted by Gasteiger charge is 2.18. The summed E-state index contributed by atoms with van der Waals surface area (Å²) in [7, 11) is 0. The predicted molar refractivity (Wildman–Crippen MR) is 88.7 cm³/mol. The third-order valence-corrected chi connectivity index (χ3v) is 4.19. The van der Waals surface area contributed by atoms with Crippen LogP contribution in [0, 0.1) is 13.8 Å². The third kappa shape index (κ3) is 2.55. The predicted octanol–water partition coefficient (Wildman–Crippen LogP) is 2.24. The van der Waals surface area contributed by atoms with Gasteiger partial charge in [0.25, 0.3) is 0 Å². The minimum atomic E-state index is 0.746. The number of fused-ring (bicyclic) bond motifs is 1. The van der Waals surface area contributed by atoms with E-state index in [0.717, 1.165) is 60.2 Å². The molecule has 1 fully saturated rings. The lowest BCUT2D eigenvalue weighted by Crippen LogP contribution is -2.36. The first-order chi connectivity index (χ1) is 11.2. The molecule has 0 N–H and O–H groups in total. The number of morpholine rings is 1. The van der Waals surface area contributed by atoms with Gasteiger partial charge in [-0.15, -0.1) is 0 Å². The number of ether oxygens (including phenoxy) is 1. The number of nitrogens with zero attached hydrogens (tertiary/aromatic N) is 5. The number of pyridine rings is 1. The van der Waals surface area contributed by atoms with Crippen LogP contribution in [-0.4, -0.2) is 45.9 Å². The normalized spacial score (nSPS) is 15.3. The maximum atomic E-state index is 5.47. The zero-order valence-electron chi connectivity index (χ0n) is 13.4. The van der Waals surface area contributed by atoms with Gasteiger partial charge < -0.3 is 9.64 Å². The number of anilines is 1. The molecule has 0 bridgehead atoms. The number of hydrogen-bond donors (Lipinski definition) is 0. The second-order valence-corrected chi connectivity index (χ2v) is 5.86. The highest BCUT2D eigenvalue weighted by molar-refractivity contribution is 5.75. The van der Waals surface area contributed by atoms with Gasteiger partial charge in [0.05, 0.1) is 24.6 Å². The van der Waals surface area contributed by atoms with Gasteiger partial charge in [0.15, 0.2) is 5.65 Å². The van der Waals surface area contributed by atoms with Crippen LogP contribution in [0.4, 0.5) is 5.69 Å². The van der Waals surface area contributed by atoms with Crippen molar-refractivity contribution in [2.24, 2.45) is 0 Å². The zero-order chi connectivity index (χ0) is 15.8. The first-order valence-corrected chi connectivity index (χ1v) is 7.83. The van der Waals surface area contributed by atoms with Crippen molar-refractivity contribution in [2.75, 3.05) is 31.2 Å². The van der Waals surface area contributed by atoms with E-state index in [2.05, 4.69) is 33.9 Å². The first-order valence-electron chi connectivity index (χ1n) is 7.83. The van der Waals surface area contributed by atoms with E-state index in [1.54, 1.807) is 6.20 Å². The molecule has 0 amide bonds. The molecule has 4 heterocycles. The fraction of sp³-hybridized carbons (Fsp3) is 0.353. The highest BCUT2D eigenvalue weighted by Crippen LogP contribution is 2.28. The summed E-state index contributed by atoms with van der Waals surface area (Å²) >= 11 is 0. The Bertz CT molecular complexity index is 851. The van der Waals surface area contributed by atoms with Gasteiger partial charge in [0.2, 0.25) is 0 Å². The molecule has 23 heavy (non-hydrogen) atoms. The standard InChI is InChI=1S/C17H19N5O/c1-12-9-14(13(2)19-11-12)15-10-16(21-5-7-23-8-6-21)17-18-3-4-22(17)20-15/h3-4,9-11H,5-8H2,1-2H3. The van der Waals surface area contributed by atoms with Crippen molar-refractivity contribution in [2.45, 2.75) is 13.8 Å². The Labute approximate surface area is 134 Å². The van der Waals surface area contributed by atoms with Crippen molar-refractivity contribution < 1.29 is 4.74 Å². The molecule has 6 nitrogen and oxygen atoms in total. The average Bonchev–Trinajstić information content (AvgIpc) is 3.05. The molecular formula is C17H19N5O. The molecule has 3 aromatic rings. The Morgan fingerprint density at radius 3 is 2.74 bits per heavy atom. The molecule has 1 aliphatic heterocycles. The summed E-state index contributed by atoms with van der Waals surface area (Å²) in [5.41, 5.74) is 6.08. The summed E-state index contributed by atoms with van der Waals surface area (Å²) in [4.78, 5) is 11.3. The van der Waals surface area contributed by atoms with E-state index < -0.39 is 0 Å². The van der Waals surface area contributed by atoms with Gasteiger partial charge in [0, 0.05) is 42.9 Å². The fourth-order valence-corrected chi connectivity index (χ4v) is 2.97. The van der Waals surface area contributed by atoms with Crippen LogP contribution in [0.15, 0.2) is 30.7 Å². The van der Waals surface area contributed by atoms with Gasteiger partial charge in [-0.05, 0) is 31.5 Å². The Hall–Kier alpha value is -2.47. The van der Waals surface area contributed by atoms with E-state index in [9.17, 15) is 0 Å². The van der Waals surface area contributed by atoms with Crippen molar-refractivity contribution >= 4 is 11.3 Å². The highest BCUT2D eigenvalue weighted by atomic mass is 16.5. The third-order valence-electron chi connectivity index (χ3n) is 4.19. The van der Waals surface area contributed by atoms with Crippen LogP contribution >= 0.6 is 0 Å². The molecule has 0 aromatic carbocycles. The summed E-state index contributed by atoms with van der Waals surface area (Å²) in [6, 6.07) is 4.26. The number of rotatable bonds is 2. The lowest BCUT2D eigenvalue weighted by Gasteiger charge is -2.29. The minimum Gasteiger partial charge on any atom is -0.378 e. The quantitative estimate of drug-likeness (QED) is 0.727. The van der Waals surface area contributed by atoms with E-state index in [-0.39, 0.29) is 0 Å². The van der Waals surface area contributed by atoms with Crippen LogP contribution < -0.4 is 4.90 Å². The van der Waals surface area contributed by atoms with Crippen molar-refractivity contribution in [3.8, 4) is 11.3 Å². The molecule has 118 valence electrons. The van der Waals surface area contributed by atoms with Gasteiger partial charge in [-0.3, -0.25) is 4.98 Å². The second kappa shape index (κ2) is 5.62. The summed E-state index contributed by atoms with van der Waals surface area (Å²) in [6.07, 6.45) is 5.57. The molecule has 0 aliphatic carbocycles. The summed E-state index contributed by atoms with van der Waals surface area (Å²) in [6.45, 7) is 7.30. The lowest BCUT2D eigenvalue weighted by molar-refractivity contribution is 0.123. The van der Waals surface area contributed by atoms with E-state index in [1.807, 2.05) is 23.8 Å². The zero-order valence-corrected chi connectivity index (χ0v) is 13.4. The Morgan fingerprint density at radius 1 is 1.09 bits per heavy atom. The fourth-order valence-electron chi connectivity index (χ4n) is 2.97. The number of hydrogen-bond acceptors (Lipinski definition) is 5. The van der Waals surface area contributed by atoms with Crippen LogP contribution in [0.3, 0.4) is 0 Å². The molecule has 0 spiro atoms. The lowest BCUT2D eigenvalue weighted by atomic mass is 10.1. The molecule has 0 radical (unpaired) electrons. The van der Waals surface area contributed by atoms with Gasteiger partial charge in [-0.2, -0.15) is 5.10 Å². The Kier molecular flexibility index (Phi) is 3.46. The molecule has 0 saturated carbocycles. The molecule has 0 atom stereocenters. The molecule has 3 aromatic heterocycles. The maximum absolute atomic E-state index is 5.47. The van der Waals surface area contributed by atoms with Crippen molar-refractivity contribution in [1.82, 2.24) is 19.6 Å². The average molecular weight is 309 g/mol. The first kappa shape index (κ1) is 14.1. The molecule has 6 heteroatoms. The van der Waals surface area contributed by atoms with Crippen LogP contribution in [-0.2, 0) is 4.74 Å². The van der Waals surface area contributed by atoms with E-state index in [0.29, 0.717) is 0 Å². The monoisotopic (exact) mass is 309 g/mol. The molecule has 0 unspecified atom stereocenters. The van der Waals surface area contributed by atoms with Crippen LogP contribution in [0.25, 0.3) is 16.9 Å². The second-order valence-electron chi connectivity index (χ2n) is 5.86. The smallest absolute Gasteiger partial charge is 0.177 e. The van der Waals surface area contributed by atoms with Gasteiger partial charge in [-0.1, -0.05) is 0 Å². The van der Waals surface area contributed by atoms with Crippen LogP contribution in [0.1, 0.15) is 11.3 Å². The summed E-state index contributed by atoms with van der Waals surface area (Å²) in [5, 5.41) is 4.72. The van der Waals surface area contributed by atoms with Crippen LogP contribution in [0.5, 0.6) is 0 Å². The van der Waals surface area contributed by atoms with E-state index in [1.165, 1.54) is 0 Å². The van der Waals surface area contributed by atoms with Gasteiger partial charge in [-0.25, -0.2) is 9.50 Å². The molecular weight excluding hydrogens is 290 g/mol. The van der Waals surface area contributed by atoms with E-state index in [4.69, 9.17) is 9.84 Å². The minimum absolute atomic E-state index is 0.746. The van der Waals surface area contributed by atoms with Crippen molar-refractivity contribution in [3.05, 3.63) is 42.0 Å². The van der Waals surface area contributed by atoms with Gasteiger partial charge in [0.1, 0.15) is 0 Å². The van der Waals surface area contributed by atoms with Crippen molar-refractivity contribution in [3.63, 3.8) is 0 Å². The number of aryl methyl sites for hydroxylation is 2. The Morgan fingerprint density at radius 2 is 1.91 bits per heavy atom. The van der Waals surface area contributed by atoms with Gasteiger partial charge >= 0.3 is 0 Å². The Balaban J connectivity index is 1.89. The molecule has 4 rings (SSSR count). The molecule has 1 saturated heterocycles. The summed E-state index contributed by atoms with van der Waals surface area (Å²) < 4.78 is 7.32. The van der Waals surface area contributed by atoms with Crippen LogP contribution in [0.2, 0.25) is 0 Å². The largest absolute Gasteiger partial charge is 0.378 e. The topological polar surface area (TPSA) is 55.5 Å². The van der Waals surface area contributed by atoms with E-state index >= 15 is 0 Å². The van der Waals surface area contributed by atoms with Crippen molar-refractivity contribution in [1.29, 1.82) is 0 Å². The SMILES string of the molecule is Cc1cnc(C)c(-c2cc(N3CCOCC3)c3nccn3n2)c1. The molecule has 1 aliphatic rings. The summed E-state index contributed by atoms with van der Waals surface area (Å²) in [5.74, 6) is 0.